The summed E-state index contributed by atoms with van der Waals surface area (Å²) in [6.45, 7) is 1.72. The highest BCUT2D eigenvalue weighted by atomic mass is 35.5. The second kappa shape index (κ2) is 4.85. The Morgan fingerprint density at radius 2 is 1.81 bits per heavy atom. The summed E-state index contributed by atoms with van der Waals surface area (Å²) in [4.78, 5) is 13.3. The zero-order chi connectivity index (χ0) is 11.5. The first-order valence-corrected chi connectivity index (χ1v) is 5.78. The van der Waals surface area contributed by atoms with E-state index in [4.69, 9.17) is 11.6 Å². The van der Waals surface area contributed by atoms with Crippen molar-refractivity contribution in [3.05, 3.63) is 34.9 Å². The summed E-state index contributed by atoms with van der Waals surface area (Å²) in [5.74, 6) is -0.788. The number of hydrogen-bond acceptors (Lipinski definition) is 2. The zero-order valence-electron chi connectivity index (χ0n) is 8.90. The van der Waals surface area contributed by atoms with Gasteiger partial charge in [0.05, 0.1) is 0 Å². The van der Waals surface area contributed by atoms with Gasteiger partial charge in [-0.2, -0.15) is 0 Å². The Bertz CT molecular complexity index is 371. The third-order valence-electron chi connectivity index (χ3n) is 2.93. The molecule has 1 atom stereocenters. The summed E-state index contributed by atoms with van der Waals surface area (Å²) in [6.07, 6.45) is 2.16. The van der Waals surface area contributed by atoms with Crippen molar-refractivity contribution in [2.75, 3.05) is 13.1 Å². The molecule has 86 valence electrons. The minimum absolute atomic E-state index is 0.528. The number of carbonyl (C=O) groups is 1. The van der Waals surface area contributed by atoms with Crippen LogP contribution in [0, 0.1) is 0 Å². The van der Waals surface area contributed by atoms with Gasteiger partial charge in [0.1, 0.15) is 6.04 Å². The minimum atomic E-state index is -0.788. The van der Waals surface area contributed by atoms with Crippen LogP contribution in [0.2, 0.25) is 5.02 Å². The molecule has 0 bridgehead atoms. The summed E-state index contributed by atoms with van der Waals surface area (Å²) in [7, 11) is 0. The van der Waals surface area contributed by atoms with Crippen molar-refractivity contribution in [2.24, 2.45) is 0 Å². The first-order chi connectivity index (χ1) is 7.68. The Kier molecular flexibility index (Phi) is 3.46. The molecule has 2 rings (SSSR count). The monoisotopic (exact) mass is 239 g/mol. The quantitative estimate of drug-likeness (QED) is 0.881. The number of nitrogens with zero attached hydrogens (tertiary/aromatic N) is 1. The molecular formula is C12H14ClNO2. The number of aliphatic carboxylic acids is 1. The highest BCUT2D eigenvalue weighted by molar-refractivity contribution is 6.30. The molecule has 1 aliphatic rings. The SMILES string of the molecule is O=C(O)[C@@H](c1ccc(Cl)cc1)N1CCCC1. The van der Waals surface area contributed by atoms with E-state index < -0.39 is 12.0 Å². The molecule has 0 aromatic heterocycles. The fourth-order valence-corrected chi connectivity index (χ4v) is 2.28. The van der Waals surface area contributed by atoms with E-state index in [-0.39, 0.29) is 0 Å². The van der Waals surface area contributed by atoms with Crippen molar-refractivity contribution in [2.45, 2.75) is 18.9 Å². The molecule has 1 aromatic rings. The zero-order valence-corrected chi connectivity index (χ0v) is 9.65. The average molecular weight is 240 g/mol. The van der Waals surface area contributed by atoms with Crippen molar-refractivity contribution >= 4 is 17.6 Å². The molecule has 1 N–H and O–H groups in total. The molecule has 0 radical (unpaired) electrons. The second-order valence-electron chi connectivity index (χ2n) is 4.04. The molecule has 0 saturated carbocycles. The summed E-state index contributed by atoms with van der Waals surface area (Å²) < 4.78 is 0. The fraction of sp³-hybridized carbons (Fsp3) is 0.417. The Morgan fingerprint density at radius 3 is 2.31 bits per heavy atom. The highest BCUT2D eigenvalue weighted by Crippen LogP contribution is 2.26. The number of carboxylic acid groups (broad SMARTS) is 1. The molecular weight excluding hydrogens is 226 g/mol. The van der Waals surface area contributed by atoms with Crippen LogP contribution < -0.4 is 0 Å². The topological polar surface area (TPSA) is 40.5 Å². The molecule has 0 aliphatic carbocycles. The largest absolute Gasteiger partial charge is 0.480 e. The van der Waals surface area contributed by atoms with Crippen molar-refractivity contribution in [3.63, 3.8) is 0 Å². The van der Waals surface area contributed by atoms with Gasteiger partial charge in [-0.3, -0.25) is 9.69 Å². The van der Waals surface area contributed by atoms with Gasteiger partial charge in [-0.05, 0) is 43.6 Å². The maximum atomic E-state index is 11.3. The van der Waals surface area contributed by atoms with E-state index >= 15 is 0 Å². The van der Waals surface area contributed by atoms with E-state index in [1.54, 1.807) is 24.3 Å². The average Bonchev–Trinajstić information content (AvgIpc) is 2.74. The van der Waals surface area contributed by atoms with Gasteiger partial charge in [-0.15, -0.1) is 0 Å². The fourth-order valence-electron chi connectivity index (χ4n) is 2.15. The molecule has 3 nitrogen and oxygen atoms in total. The van der Waals surface area contributed by atoms with Crippen molar-refractivity contribution < 1.29 is 9.90 Å². The standard InChI is InChI=1S/C12H14ClNO2/c13-10-5-3-9(4-6-10)11(12(15)16)14-7-1-2-8-14/h3-6,11H,1-2,7-8H2,(H,15,16)/t11-/m1/s1. The number of hydrogen-bond donors (Lipinski definition) is 1. The predicted molar refractivity (Wildman–Crippen MR) is 62.6 cm³/mol. The summed E-state index contributed by atoms with van der Waals surface area (Å²) in [5, 5.41) is 9.92. The molecule has 1 aliphatic heterocycles. The van der Waals surface area contributed by atoms with Crippen molar-refractivity contribution in [3.8, 4) is 0 Å². The molecule has 0 spiro atoms. The number of halogens is 1. The van der Waals surface area contributed by atoms with Gasteiger partial charge in [0.15, 0.2) is 0 Å². The van der Waals surface area contributed by atoms with Gasteiger partial charge < -0.3 is 5.11 Å². The van der Waals surface area contributed by atoms with Crippen LogP contribution >= 0.6 is 11.6 Å². The third kappa shape index (κ3) is 2.36. The van der Waals surface area contributed by atoms with Crippen LogP contribution in [0.1, 0.15) is 24.4 Å². The lowest BCUT2D eigenvalue weighted by Gasteiger charge is -2.23. The molecule has 0 unspecified atom stereocenters. The Hall–Kier alpha value is -1.06. The van der Waals surface area contributed by atoms with E-state index in [2.05, 4.69) is 0 Å². The molecule has 0 amide bonds. The minimum Gasteiger partial charge on any atom is -0.480 e. The van der Waals surface area contributed by atoms with Gasteiger partial charge in [0.2, 0.25) is 0 Å². The first-order valence-electron chi connectivity index (χ1n) is 5.41. The van der Waals surface area contributed by atoms with E-state index in [1.807, 2.05) is 4.90 Å². The van der Waals surface area contributed by atoms with E-state index in [1.165, 1.54) is 0 Å². The van der Waals surface area contributed by atoms with Crippen LogP contribution in [0.25, 0.3) is 0 Å². The van der Waals surface area contributed by atoms with Crippen molar-refractivity contribution in [1.29, 1.82) is 0 Å². The summed E-state index contributed by atoms with van der Waals surface area (Å²) >= 11 is 5.79. The summed E-state index contributed by atoms with van der Waals surface area (Å²) in [5.41, 5.74) is 0.804. The van der Waals surface area contributed by atoms with E-state index in [9.17, 15) is 9.90 Å². The van der Waals surface area contributed by atoms with Crippen LogP contribution in [0.15, 0.2) is 24.3 Å². The van der Waals surface area contributed by atoms with Gasteiger partial charge in [0.25, 0.3) is 0 Å². The molecule has 16 heavy (non-hydrogen) atoms. The highest BCUT2D eigenvalue weighted by Gasteiger charge is 2.29. The van der Waals surface area contributed by atoms with E-state index in [0.717, 1.165) is 31.5 Å². The van der Waals surface area contributed by atoms with Gasteiger partial charge in [-0.1, -0.05) is 23.7 Å². The number of rotatable bonds is 3. The lowest BCUT2D eigenvalue weighted by atomic mass is 10.1. The maximum Gasteiger partial charge on any atom is 0.325 e. The normalized spacial score (nSPS) is 18.6. The number of likely N-dealkylation sites (tertiary alicyclic amines) is 1. The van der Waals surface area contributed by atoms with Crippen molar-refractivity contribution in [1.82, 2.24) is 4.90 Å². The van der Waals surface area contributed by atoms with Crippen LogP contribution in [0.3, 0.4) is 0 Å². The molecule has 1 saturated heterocycles. The van der Waals surface area contributed by atoms with Crippen LogP contribution in [-0.4, -0.2) is 29.1 Å². The van der Waals surface area contributed by atoms with Crippen LogP contribution in [-0.2, 0) is 4.79 Å². The maximum absolute atomic E-state index is 11.3. The molecule has 4 heteroatoms. The number of carboxylic acids is 1. The molecule has 1 fully saturated rings. The lowest BCUT2D eigenvalue weighted by Crippen LogP contribution is -2.31. The smallest absolute Gasteiger partial charge is 0.325 e. The number of benzene rings is 1. The van der Waals surface area contributed by atoms with Gasteiger partial charge >= 0.3 is 5.97 Å². The Morgan fingerprint density at radius 1 is 1.25 bits per heavy atom. The predicted octanol–water partition coefficient (Wildman–Crippen LogP) is 2.56. The lowest BCUT2D eigenvalue weighted by molar-refractivity contribution is -0.143. The van der Waals surface area contributed by atoms with Crippen LogP contribution in [0.4, 0.5) is 0 Å². The van der Waals surface area contributed by atoms with Gasteiger partial charge in [0, 0.05) is 5.02 Å². The Labute approximate surface area is 99.6 Å². The molecule has 1 aromatic carbocycles. The third-order valence-corrected chi connectivity index (χ3v) is 3.18. The summed E-state index contributed by atoms with van der Waals surface area (Å²) in [6, 6.07) is 6.53. The van der Waals surface area contributed by atoms with Crippen LogP contribution in [0.5, 0.6) is 0 Å². The second-order valence-corrected chi connectivity index (χ2v) is 4.47. The molecule has 1 heterocycles. The van der Waals surface area contributed by atoms with Gasteiger partial charge in [-0.25, -0.2) is 0 Å². The van der Waals surface area contributed by atoms with E-state index in [0.29, 0.717) is 5.02 Å². The first kappa shape index (κ1) is 11.4. The Balaban J connectivity index is 2.24.